The molecule has 62 heavy (non-hydrogen) atoms. The number of nitrogens with zero attached hydrogens (tertiary/aromatic N) is 8. The zero-order valence-electron chi connectivity index (χ0n) is 38.1. The fourth-order valence-electron chi connectivity index (χ4n) is 7.82. The van der Waals surface area contributed by atoms with Crippen LogP contribution >= 0.6 is 0 Å². The molecule has 2 aromatic heterocycles. The van der Waals surface area contributed by atoms with Crippen molar-refractivity contribution in [3.05, 3.63) is 36.2 Å². The summed E-state index contributed by atoms with van der Waals surface area (Å²) in [7, 11) is 0. The Bertz CT molecular complexity index is 1910. The topological polar surface area (TPSA) is 186 Å². The highest BCUT2D eigenvalue weighted by atomic mass is 16.6. The third kappa shape index (κ3) is 15.6. The van der Waals surface area contributed by atoms with Gasteiger partial charge in [-0.25, -0.2) is 14.6 Å². The van der Waals surface area contributed by atoms with E-state index in [0.29, 0.717) is 89.7 Å². The van der Waals surface area contributed by atoms with Crippen molar-refractivity contribution in [1.29, 1.82) is 0 Å². The largest absolute Gasteiger partial charge is 0.466 e. The van der Waals surface area contributed by atoms with Gasteiger partial charge in [0.05, 0.1) is 24.9 Å². The first-order valence-corrected chi connectivity index (χ1v) is 22.6. The van der Waals surface area contributed by atoms with E-state index in [1.165, 1.54) is 6.42 Å². The Kier molecular flexibility index (Phi) is 17.5. The molecule has 1 saturated carbocycles. The third-order valence-corrected chi connectivity index (χ3v) is 10.8. The lowest BCUT2D eigenvalue weighted by Gasteiger charge is -2.36. The second-order valence-corrected chi connectivity index (χ2v) is 18.3. The van der Waals surface area contributed by atoms with Gasteiger partial charge < -0.3 is 39.5 Å². The molecule has 1 aromatic carbocycles. The summed E-state index contributed by atoms with van der Waals surface area (Å²) < 4.78 is 18.3. The van der Waals surface area contributed by atoms with Crippen molar-refractivity contribution in [2.45, 2.75) is 162 Å². The Balaban J connectivity index is 1.12. The number of esters is 1. The number of carbonyl (C=O) groups excluding carboxylic acids is 4. The van der Waals surface area contributed by atoms with Gasteiger partial charge in [0, 0.05) is 69.6 Å². The number of anilines is 2. The summed E-state index contributed by atoms with van der Waals surface area (Å²) >= 11 is 0. The minimum atomic E-state index is -0.645. The van der Waals surface area contributed by atoms with Crippen LogP contribution in [0.5, 0.6) is 0 Å². The molecule has 17 nitrogen and oxygen atoms in total. The average Bonchev–Trinajstić information content (AvgIpc) is 3.68. The highest BCUT2D eigenvalue weighted by molar-refractivity contribution is 5.90. The van der Waals surface area contributed by atoms with E-state index in [9.17, 15) is 19.2 Å². The van der Waals surface area contributed by atoms with Gasteiger partial charge in [0.1, 0.15) is 22.7 Å². The van der Waals surface area contributed by atoms with Crippen molar-refractivity contribution < 1.29 is 33.4 Å². The van der Waals surface area contributed by atoms with E-state index in [4.69, 9.17) is 24.2 Å². The van der Waals surface area contributed by atoms with Crippen LogP contribution in [0.1, 0.15) is 131 Å². The first kappa shape index (κ1) is 47.8. The van der Waals surface area contributed by atoms with Crippen LogP contribution in [0.4, 0.5) is 21.4 Å². The number of aryl methyl sites for hydroxylation is 1. The summed E-state index contributed by atoms with van der Waals surface area (Å²) in [6.07, 6.45) is 10.4. The summed E-state index contributed by atoms with van der Waals surface area (Å²) in [4.78, 5) is 66.1. The summed E-state index contributed by atoms with van der Waals surface area (Å²) in [5, 5.41) is 16.6. The number of aromatic nitrogens is 5. The maximum Gasteiger partial charge on any atom is 0.410 e. The molecule has 0 atom stereocenters. The molecule has 0 unspecified atom stereocenters. The molecule has 1 aliphatic heterocycles. The fraction of sp³-hybridized carbons (Fsp3) is 0.689. The molecule has 17 heteroatoms. The van der Waals surface area contributed by atoms with Gasteiger partial charge in [-0.2, -0.15) is 4.98 Å². The Morgan fingerprint density at radius 3 is 2.23 bits per heavy atom. The van der Waals surface area contributed by atoms with Crippen LogP contribution in [-0.2, 0) is 36.9 Å². The summed E-state index contributed by atoms with van der Waals surface area (Å²) in [6.45, 7) is 16.9. The van der Waals surface area contributed by atoms with Gasteiger partial charge in [0.2, 0.25) is 11.9 Å². The number of piperidine rings is 1. The van der Waals surface area contributed by atoms with Gasteiger partial charge in [-0.15, -0.1) is 5.10 Å². The van der Waals surface area contributed by atoms with E-state index in [2.05, 4.69) is 20.9 Å². The van der Waals surface area contributed by atoms with Crippen molar-refractivity contribution in [1.82, 2.24) is 39.7 Å². The number of hydrogen-bond donors (Lipinski definition) is 2. The monoisotopic (exact) mass is 863 g/mol. The van der Waals surface area contributed by atoms with Gasteiger partial charge in [-0.1, -0.05) is 36.6 Å². The molecule has 0 spiro atoms. The molecule has 0 radical (unpaired) electrons. The Labute approximate surface area is 367 Å². The van der Waals surface area contributed by atoms with Crippen LogP contribution < -0.4 is 10.6 Å². The van der Waals surface area contributed by atoms with Crippen molar-refractivity contribution >= 4 is 46.7 Å². The number of amides is 3. The fourth-order valence-corrected chi connectivity index (χ4v) is 7.82. The van der Waals surface area contributed by atoms with E-state index >= 15 is 0 Å². The van der Waals surface area contributed by atoms with Gasteiger partial charge in [0.15, 0.2) is 0 Å². The lowest BCUT2D eigenvalue weighted by Crippen LogP contribution is -2.46. The predicted octanol–water partition coefficient (Wildman–Crippen LogP) is 7.56. The second kappa shape index (κ2) is 22.7. The van der Waals surface area contributed by atoms with E-state index in [-0.39, 0.29) is 42.6 Å². The molecule has 3 aromatic rings. The number of para-hydroxylation sites is 1. The maximum absolute atomic E-state index is 13.4. The van der Waals surface area contributed by atoms with Crippen molar-refractivity contribution in [3.63, 3.8) is 0 Å². The zero-order valence-corrected chi connectivity index (χ0v) is 38.1. The highest BCUT2D eigenvalue weighted by Crippen LogP contribution is 2.27. The molecule has 0 bridgehead atoms. The van der Waals surface area contributed by atoms with Crippen LogP contribution in [0.15, 0.2) is 30.5 Å². The predicted molar refractivity (Wildman–Crippen MR) is 237 cm³/mol. The smallest absolute Gasteiger partial charge is 0.410 e. The Morgan fingerprint density at radius 2 is 1.52 bits per heavy atom. The lowest BCUT2D eigenvalue weighted by molar-refractivity contribution is -0.143. The van der Waals surface area contributed by atoms with Crippen LogP contribution in [-0.4, -0.2) is 126 Å². The quantitative estimate of drug-likeness (QED) is 0.0890. The number of hydrogen-bond acceptors (Lipinski definition) is 13. The number of benzene rings is 1. The van der Waals surface area contributed by atoms with Crippen molar-refractivity contribution in [2.75, 3.05) is 50.0 Å². The SMILES string of the molecule is CCOC(=O)CCCC(=O)N1CCC(Nc2nc(NCc3cn(CCCN(CCCN(C(=O)OC(C)(C)C)C4CCCCC4)C(=O)OC(C)(C)C)nn3)nc3ccccc23)CC1. The second-order valence-electron chi connectivity index (χ2n) is 18.3. The van der Waals surface area contributed by atoms with Crippen LogP contribution in [0, 0.1) is 0 Å². The minimum absolute atomic E-state index is 0.0660. The number of ether oxygens (including phenoxy) is 3. The van der Waals surface area contributed by atoms with E-state index in [1.807, 2.05) is 81.8 Å². The first-order chi connectivity index (χ1) is 29.6. The Morgan fingerprint density at radius 1 is 0.823 bits per heavy atom. The number of carbonyl (C=O) groups is 4. The summed E-state index contributed by atoms with van der Waals surface area (Å²) in [5.74, 6) is 0.981. The third-order valence-electron chi connectivity index (χ3n) is 10.8. The molecule has 5 rings (SSSR count). The molecular formula is C45H70N10O7. The molecule has 342 valence electrons. The van der Waals surface area contributed by atoms with Crippen LogP contribution in [0.25, 0.3) is 10.9 Å². The van der Waals surface area contributed by atoms with Crippen molar-refractivity contribution in [3.8, 4) is 0 Å². The summed E-state index contributed by atoms with van der Waals surface area (Å²) in [6, 6.07) is 8.13. The van der Waals surface area contributed by atoms with Crippen LogP contribution in [0.3, 0.4) is 0 Å². The standard InChI is InChI=1S/C45H70N10O7/c1-8-60-39(57)22-14-21-38(56)52-29-23-33(24-30-52)47-40-36-19-12-13-20-37(36)48-41(49-40)46-31-34-32-54(51-50-34)27-15-25-53(42(58)61-44(2,3)4)26-16-28-55(35-17-10-9-11-18-35)43(59)62-45(5,6)7/h12-13,19-20,32-33,35H,8-11,14-18,21-31H2,1-7H3,(H2,46,47,48,49). The van der Waals surface area contributed by atoms with Crippen molar-refractivity contribution in [2.24, 2.45) is 0 Å². The van der Waals surface area contributed by atoms with Gasteiger partial charge >= 0.3 is 18.2 Å². The molecule has 2 aliphatic rings. The lowest BCUT2D eigenvalue weighted by atomic mass is 9.94. The molecule has 1 aliphatic carbocycles. The molecule has 1 saturated heterocycles. The van der Waals surface area contributed by atoms with Gasteiger partial charge in [-0.05, 0) is 106 Å². The van der Waals surface area contributed by atoms with Gasteiger partial charge in [-0.3, -0.25) is 14.3 Å². The maximum atomic E-state index is 13.4. The number of nitrogens with one attached hydrogen (secondary N) is 2. The molecular weight excluding hydrogens is 793 g/mol. The number of likely N-dealkylation sites (tertiary alicyclic amines) is 1. The molecule has 3 heterocycles. The van der Waals surface area contributed by atoms with Gasteiger partial charge in [0.25, 0.3) is 0 Å². The highest BCUT2D eigenvalue weighted by Gasteiger charge is 2.30. The number of fused-ring (bicyclic) bond motifs is 1. The minimum Gasteiger partial charge on any atom is -0.466 e. The van der Waals surface area contributed by atoms with E-state index in [1.54, 1.807) is 16.5 Å². The van der Waals surface area contributed by atoms with E-state index < -0.39 is 11.2 Å². The van der Waals surface area contributed by atoms with E-state index in [0.717, 1.165) is 55.2 Å². The zero-order chi connectivity index (χ0) is 44.7. The summed E-state index contributed by atoms with van der Waals surface area (Å²) in [5.41, 5.74) is 0.277. The van der Waals surface area contributed by atoms with Crippen LogP contribution in [0.2, 0.25) is 0 Å². The molecule has 2 fully saturated rings. The normalized spacial score (nSPS) is 15.2. The Hall–Kier alpha value is -5.22. The average molecular weight is 863 g/mol. The first-order valence-electron chi connectivity index (χ1n) is 22.6. The molecule has 3 amide bonds. The number of rotatable bonds is 19. The molecule has 2 N–H and O–H groups in total.